The lowest BCUT2D eigenvalue weighted by Gasteiger charge is -2.63. The minimum Gasteiger partial charge on any atom is -0.469 e. The average Bonchev–Trinajstić information content (AvgIpc) is 3.06. The molecule has 2 N–H and O–H groups in total. The summed E-state index contributed by atoms with van der Waals surface area (Å²) in [6.07, 6.45) is 9.80. The normalized spacial score (nSPS) is 50.2. The van der Waals surface area contributed by atoms with Crippen LogP contribution in [0, 0.1) is 46.3 Å². The minimum atomic E-state index is -0.565. The van der Waals surface area contributed by atoms with E-state index < -0.39 is 12.2 Å². The maximum absolute atomic E-state index is 11.6. The molecule has 0 aromatic carbocycles. The number of aliphatic hydroxyl groups is 2. The number of ether oxygens (including phenoxy) is 1. The Morgan fingerprint density at radius 1 is 0.966 bits per heavy atom. The molecule has 0 aromatic heterocycles. The predicted molar refractivity (Wildman–Crippen MR) is 113 cm³/mol. The Morgan fingerprint density at radius 3 is 2.41 bits per heavy atom. The fourth-order valence-corrected chi connectivity index (χ4v) is 8.94. The Balaban J connectivity index is 1.56. The van der Waals surface area contributed by atoms with Gasteiger partial charge < -0.3 is 14.9 Å². The molecule has 4 aliphatic carbocycles. The van der Waals surface area contributed by atoms with Crippen molar-refractivity contribution in [2.75, 3.05) is 7.11 Å². The second kappa shape index (κ2) is 7.82. The fourth-order valence-electron chi connectivity index (χ4n) is 8.94. The molecule has 4 fully saturated rings. The van der Waals surface area contributed by atoms with Gasteiger partial charge in [-0.2, -0.15) is 0 Å². The van der Waals surface area contributed by atoms with Crippen molar-refractivity contribution < 1.29 is 19.7 Å². The summed E-state index contributed by atoms with van der Waals surface area (Å²) in [4.78, 5) is 11.6. The van der Waals surface area contributed by atoms with Gasteiger partial charge in [-0.25, -0.2) is 0 Å². The van der Waals surface area contributed by atoms with Crippen LogP contribution in [0.25, 0.3) is 0 Å². The first-order chi connectivity index (χ1) is 13.7. The Kier molecular flexibility index (Phi) is 5.83. The van der Waals surface area contributed by atoms with Crippen molar-refractivity contribution >= 4 is 5.97 Å². The van der Waals surface area contributed by atoms with Crippen molar-refractivity contribution in [2.45, 2.75) is 97.2 Å². The molecule has 29 heavy (non-hydrogen) atoms. The van der Waals surface area contributed by atoms with E-state index in [1.807, 2.05) is 0 Å². The zero-order valence-electron chi connectivity index (χ0n) is 18.9. The number of carbonyl (C=O) groups is 1. The summed E-state index contributed by atoms with van der Waals surface area (Å²) in [6.45, 7) is 7.18. The predicted octanol–water partition coefficient (Wildman–Crippen LogP) is 4.57. The van der Waals surface area contributed by atoms with E-state index in [4.69, 9.17) is 4.74 Å². The van der Waals surface area contributed by atoms with Gasteiger partial charge in [-0.15, -0.1) is 0 Å². The van der Waals surface area contributed by atoms with Gasteiger partial charge in [0, 0.05) is 6.42 Å². The minimum absolute atomic E-state index is 0.109. The number of fused-ring (bicyclic) bond motifs is 5. The topological polar surface area (TPSA) is 66.8 Å². The van der Waals surface area contributed by atoms with E-state index in [9.17, 15) is 15.0 Å². The largest absolute Gasteiger partial charge is 0.469 e. The van der Waals surface area contributed by atoms with Crippen LogP contribution in [-0.2, 0) is 9.53 Å². The van der Waals surface area contributed by atoms with E-state index in [1.54, 1.807) is 0 Å². The molecular formula is C25H42O4. The van der Waals surface area contributed by atoms with Crippen molar-refractivity contribution in [1.29, 1.82) is 0 Å². The number of aliphatic hydroxyl groups excluding tert-OH is 2. The molecule has 0 bridgehead atoms. The summed E-state index contributed by atoms with van der Waals surface area (Å²) in [6, 6.07) is 0. The summed E-state index contributed by atoms with van der Waals surface area (Å²) in [5.41, 5.74) is 0.409. The van der Waals surface area contributed by atoms with Crippen LogP contribution in [0.4, 0.5) is 0 Å². The van der Waals surface area contributed by atoms with Gasteiger partial charge in [-0.05, 0) is 91.3 Å². The van der Waals surface area contributed by atoms with Crippen LogP contribution >= 0.6 is 0 Å². The summed E-state index contributed by atoms with van der Waals surface area (Å²) >= 11 is 0. The van der Waals surface area contributed by atoms with Crippen molar-refractivity contribution in [3.8, 4) is 0 Å². The molecule has 0 spiro atoms. The van der Waals surface area contributed by atoms with Crippen molar-refractivity contribution in [3.63, 3.8) is 0 Å². The van der Waals surface area contributed by atoms with E-state index in [1.165, 1.54) is 45.6 Å². The SMILES string of the molecule is COC(=O)CC[C@H](C)[C@H]1CC[C@@H]2[C@H]3[C@@H](O)[C@@H](O)[C@@H]4CCCC[C@]4(C)[C@@H]3CC[C@@]21C. The van der Waals surface area contributed by atoms with Gasteiger partial charge in [0.1, 0.15) is 0 Å². The Bertz CT molecular complexity index is 620. The molecule has 0 aliphatic heterocycles. The summed E-state index contributed by atoms with van der Waals surface area (Å²) in [5, 5.41) is 22.4. The first-order valence-corrected chi connectivity index (χ1v) is 12.2. The molecule has 0 radical (unpaired) electrons. The summed E-state index contributed by atoms with van der Waals surface area (Å²) in [7, 11) is 1.47. The molecule has 166 valence electrons. The molecule has 4 heteroatoms. The van der Waals surface area contributed by atoms with Crippen LogP contribution in [0.2, 0.25) is 0 Å². The molecule has 4 rings (SSSR count). The fraction of sp³-hybridized carbons (Fsp3) is 0.960. The molecule has 0 amide bonds. The number of rotatable bonds is 4. The molecule has 0 aromatic rings. The standard InChI is InChI=1S/C25H42O4/c1-15(8-11-20(26)29-4)16-9-10-17-21-18(12-14-25(16,17)3)24(2)13-6-5-7-19(24)22(27)23(21)28/h15-19,21-23,27-28H,5-14H2,1-4H3/t15-,16+,17+,18+,19-,21+,22-,23+,24+,25+/m0/s1. The van der Waals surface area contributed by atoms with Crippen LogP contribution in [0.15, 0.2) is 0 Å². The Morgan fingerprint density at radius 2 is 1.69 bits per heavy atom. The lowest BCUT2D eigenvalue weighted by molar-refractivity contribution is -0.215. The monoisotopic (exact) mass is 406 g/mol. The first-order valence-electron chi connectivity index (χ1n) is 12.2. The molecule has 10 atom stereocenters. The van der Waals surface area contributed by atoms with Crippen molar-refractivity contribution in [2.24, 2.45) is 46.3 Å². The lowest BCUT2D eigenvalue weighted by Crippen LogP contribution is -2.63. The maximum atomic E-state index is 11.6. The highest BCUT2D eigenvalue weighted by Crippen LogP contribution is 2.68. The second-order valence-electron chi connectivity index (χ2n) is 11.5. The number of hydrogen-bond acceptors (Lipinski definition) is 4. The van der Waals surface area contributed by atoms with Crippen molar-refractivity contribution in [1.82, 2.24) is 0 Å². The smallest absolute Gasteiger partial charge is 0.305 e. The van der Waals surface area contributed by atoms with E-state index in [0.29, 0.717) is 30.1 Å². The third-order valence-corrected chi connectivity index (χ3v) is 10.5. The molecule has 0 saturated heterocycles. The van der Waals surface area contributed by atoms with E-state index in [-0.39, 0.29) is 28.6 Å². The zero-order chi connectivity index (χ0) is 21.0. The highest BCUT2D eigenvalue weighted by atomic mass is 16.5. The average molecular weight is 407 g/mol. The van der Waals surface area contributed by atoms with Gasteiger partial charge in [0.25, 0.3) is 0 Å². The zero-order valence-corrected chi connectivity index (χ0v) is 18.9. The third-order valence-electron chi connectivity index (χ3n) is 10.5. The maximum Gasteiger partial charge on any atom is 0.305 e. The van der Waals surface area contributed by atoms with Gasteiger partial charge in [-0.1, -0.05) is 33.6 Å². The first kappa shape index (κ1) is 21.6. The number of carbonyl (C=O) groups excluding carboxylic acids is 1. The second-order valence-corrected chi connectivity index (χ2v) is 11.5. The highest BCUT2D eigenvalue weighted by molar-refractivity contribution is 5.69. The Labute approximate surface area is 176 Å². The van der Waals surface area contributed by atoms with E-state index in [0.717, 1.165) is 19.3 Å². The molecule has 0 heterocycles. The number of esters is 1. The third kappa shape index (κ3) is 3.28. The van der Waals surface area contributed by atoms with Gasteiger partial charge in [0.2, 0.25) is 0 Å². The van der Waals surface area contributed by atoms with Crippen LogP contribution in [-0.4, -0.2) is 35.5 Å². The van der Waals surface area contributed by atoms with Crippen LogP contribution in [0.5, 0.6) is 0 Å². The van der Waals surface area contributed by atoms with Crippen LogP contribution in [0.1, 0.15) is 85.0 Å². The van der Waals surface area contributed by atoms with Gasteiger partial charge in [-0.3, -0.25) is 4.79 Å². The van der Waals surface area contributed by atoms with Gasteiger partial charge in [0.05, 0.1) is 19.3 Å². The quantitative estimate of drug-likeness (QED) is 0.671. The number of methoxy groups -OCH3 is 1. The van der Waals surface area contributed by atoms with Crippen molar-refractivity contribution in [3.05, 3.63) is 0 Å². The highest BCUT2D eigenvalue weighted by Gasteiger charge is 2.64. The van der Waals surface area contributed by atoms with Crippen LogP contribution in [0.3, 0.4) is 0 Å². The summed E-state index contributed by atoms with van der Waals surface area (Å²) < 4.78 is 4.85. The Hall–Kier alpha value is -0.610. The van der Waals surface area contributed by atoms with Crippen LogP contribution < -0.4 is 0 Å². The molecule has 4 nitrogen and oxygen atoms in total. The van der Waals surface area contributed by atoms with E-state index >= 15 is 0 Å². The van der Waals surface area contributed by atoms with Gasteiger partial charge >= 0.3 is 5.97 Å². The molecular weight excluding hydrogens is 364 g/mol. The molecule has 4 aliphatic rings. The number of hydrogen-bond donors (Lipinski definition) is 2. The summed E-state index contributed by atoms with van der Waals surface area (Å²) in [5.74, 6) is 2.53. The lowest BCUT2D eigenvalue weighted by atomic mass is 9.43. The molecule has 0 unspecified atom stereocenters. The molecule has 4 saturated carbocycles. The van der Waals surface area contributed by atoms with Gasteiger partial charge in [0.15, 0.2) is 0 Å². The van der Waals surface area contributed by atoms with E-state index in [2.05, 4.69) is 20.8 Å².